The maximum absolute atomic E-state index is 10.9. The molecule has 0 aromatic heterocycles. The van der Waals surface area contributed by atoms with Crippen molar-refractivity contribution in [3.05, 3.63) is 12.4 Å². The predicted octanol–water partition coefficient (Wildman–Crippen LogP) is 1.12. The van der Waals surface area contributed by atoms with Gasteiger partial charge in [0.25, 0.3) is 0 Å². The molecule has 2 heteroatoms. The first-order valence-electron chi connectivity index (χ1n) is 1.66. The fourth-order valence-corrected chi connectivity index (χ4v) is 0.133. The zero-order valence-electron chi connectivity index (χ0n) is 3.65. The van der Waals surface area contributed by atoms with E-state index in [0.717, 1.165) is 0 Å². The third kappa shape index (κ3) is 3.63. The molecule has 0 aromatic carbocycles. The van der Waals surface area contributed by atoms with E-state index >= 15 is 0 Å². The molecule has 0 fully saturated rings. The number of methoxy groups -OCH3 is 1. The largest absolute Gasteiger partial charge is 0.381 e. The lowest BCUT2D eigenvalue weighted by atomic mass is 10.7. The van der Waals surface area contributed by atoms with Gasteiger partial charge in [-0.2, -0.15) is 0 Å². The molecule has 0 rings (SSSR count). The molecular weight excluding hydrogens is 83.0 g/mol. The standard InChI is InChI=1S/C4H7FO/c1-6-4-2-3-5/h2-3H,4H2,1H3. The van der Waals surface area contributed by atoms with Crippen LogP contribution in [0.2, 0.25) is 0 Å². The molecule has 0 bridgehead atoms. The Morgan fingerprint density at radius 2 is 2.50 bits per heavy atom. The third-order valence-corrected chi connectivity index (χ3v) is 0.352. The minimum Gasteiger partial charge on any atom is -0.381 e. The summed E-state index contributed by atoms with van der Waals surface area (Å²) in [5, 5.41) is 0. The lowest BCUT2D eigenvalue weighted by molar-refractivity contribution is 0.233. The Hall–Kier alpha value is -0.370. The highest BCUT2D eigenvalue weighted by atomic mass is 19.1. The zero-order valence-corrected chi connectivity index (χ0v) is 3.65. The van der Waals surface area contributed by atoms with E-state index in [9.17, 15) is 4.39 Å². The van der Waals surface area contributed by atoms with Crippen molar-refractivity contribution in [2.45, 2.75) is 0 Å². The maximum Gasteiger partial charge on any atom is 0.0849 e. The monoisotopic (exact) mass is 90.0 g/mol. The van der Waals surface area contributed by atoms with Crippen molar-refractivity contribution in [2.24, 2.45) is 0 Å². The highest BCUT2D eigenvalue weighted by Crippen LogP contribution is 1.71. The summed E-state index contributed by atoms with van der Waals surface area (Å²) in [6, 6.07) is 0. The molecule has 36 valence electrons. The number of halogens is 1. The summed E-state index contributed by atoms with van der Waals surface area (Å²) < 4.78 is 15.4. The zero-order chi connectivity index (χ0) is 4.83. The van der Waals surface area contributed by atoms with Crippen LogP contribution in [-0.4, -0.2) is 13.7 Å². The second-order valence-electron chi connectivity index (χ2n) is 0.817. The van der Waals surface area contributed by atoms with Crippen LogP contribution in [0.5, 0.6) is 0 Å². The first-order valence-corrected chi connectivity index (χ1v) is 1.66. The Labute approximate surface area is 36.4 Å². The highest BCUT2D eigenvalue weighted by Gasteiger charge is 1.64. The van der Waals surface area contributed by atoms with E-state index in [0.29, 0.717) is 12.9 Å². The van der Waals surface area contributed by atoms with Gasteiger partial charge in [-0.05, 0) is 6.08 Å². The van der Waals surface area contributed by atoms with Crippen molar-refractivity contribution in [1.29, 1.82) is 0 Å². The van der Waals surface area contributed by atoms with Crippen molar-refractivity contribution in [3.8, 4) is 0 Å². The normalized spacial score (nSPS) is 10.3. The van der Waals surface area contributed by atoms with E-state index in [1.165, 1.54) is 13.2 Å². The molecular formula is C4H7FO. The summed E-state index contributed by atoms with van der Waals surface area (Å²) in [5.74, 6) is 0. The molecule has 0 N–H and O–H groups in total. The predicted molar refractivity (Wildman–Crippen MR) is 22.1 cm³/mol. The maximum atomic E-state index is 10.9. The van der Waals surface area contributed by atoms with Crippen molar-refractivity contribution in [1.82, 2.24) is 0 Å². The van der Waals surface area contributed by atoms with Crippen LogP contribution >= 0.6 is 0 Å². The third-order valence-electron chi connectivity index (χ3n) is 0.352. The molecule has 0 aliphatic rings. The van der Waals surface area contributed by atoms with Crippen LogP contribution in [0.3, 0.4) is 0 Å². The Balaban J connectivity index is 2.66. The summed E-state index contributed by atoms with van der Waals surface area (Å²) in [5.41, 5.74) is 0. The Kier molecular flexibility index (Phi) is 4.34. The van der Waals surface area contributed by atoms with Gasteiger partial charge in [-0.25, -0.2) is 4.39 Å². The SMILES string of the molecule is COCC=CF. The van der Waals surface area contributed by atoms with Crippen molar-refractivity contribution in [2.75, 3.05) is 13.7 Å². The number of hydrogen-bond donors (Lipinski definition) is 0. The fraction of sp³-hybridized carbons (Fsp3) is 0.500. The average molecular weight is 90.1 g/mol. The van der Waals surface area contributed by atoms with Crippen molar-refractivity contribution in [3.63, 3.8) is 0 Å². The van der Waals surface area contributed by atoms with Gasteiger partial charge in [-0.1, -0.05) is 0 Å². The van der Waals surface area contributed by atoms with E-state index in [1.807, 2.05) is 0 Å². The lowest BCUT2D eigenvalue weighted by Gasteiger charge is -1.80. The van der Waals surface area contributed by atoms with Gasteiger partial charge >= 0.3 is 0 Å². The summed E-state index contributed by atoms with van der Waals surface area (Å²) in [6.45, 7) is 0.358. The van der Waals surface area contributed by atoms with Crippen LogP contribution in [0.25, 0.3) is 0 Å². The summed E-state index contributed by atoms with van der Waals surface area (Å²) >= 11 is 0. The van der Waals surface area contributed by atoms with Gasteiger partial charge in [0.15, 0.2) is 0 Å². The van der Waals surface area contributed by atoms with E-state index in [1.54, 1.807) is 0 Å². The summed E-state index contributed by atoms with van der Waals surface area (Å²) in [4.78, 5) is 0. The van der Waals surface area contributed by atoms with E-state index in [2.05, 4.69) is 4.74 Å². The Bertz CT molecular complexity index is 42.8. The van der Waals surface area contributed by atoms with Crippen LogP contribution in [0.15, 0.2) is 12.4 Å². The molecule has 0 atom stereocenters. The fourth-order valence-electron chi connectivity index (χ4n) is 0.133. The van der Waals surface area contributed by atoms with Gasteiger partial charge in [0.2, 0.25) is 0 Å². The molecule has 0 unspecified atom stereocenters. The van der Waals surface area contributed by atoms with Gasteiger partial charge in [0, 0.05) is 7.11 Å². The van der Waals surface area contributed by atoms with Crippen LogP contribution in [0, 0.1) is 0 Å². The van der Waals surface area contributed by atoms with E-state index < -0.39 is 0 Å². The van der Waals surface area contributed by atoms with Crippen LogP contribution in [0.4, 0.5) is 4.39 Å². The van der Waals surface area contributed by atoms with Gasteiger partial charge in [0.05, 0.1) is 12.9 Å². The average Bonchev–Trinajstić information content (AvgIpc) is 1.61. The second kappa shape index (κ2) is 4.63. The molecule has 0 aliphatic heterocycles. The molecule has 0 amide bonds. The second-order valence-corrected chi connectivity index (χ2v) is 0.817. The number of ether oxygens (including phenoxy) is 1. The Morgan fingerprint density at radius 3 is 2.67 bits per heavy atom. The molecule has 0 spiro atoms. The molecule has 0 radical (unpaired) electrons. The number of hydrogen-bond acceptors (Lipinski definition) is 1. The van der Waals surface area contributed by atoms with Crippen molar-refractivity contribution >= 4 is 0 Å². The summed E-state index contributed by atoms with van der Waals surface area (Å²) in [6.07, 6.45) is 1.75. The van der Waals surface area contributed by atoms with Gasteiger partial charge < -0.3 is 4.74 Å². The minimum atomic E-state index is 0.358. The first-order chi connectivity index (χ1) is 2.91. The van der Waals surface area contributed by atoms with Gasteiger partial charge in [0.1, 0.15) is 0 Å². The van der Waals surface area contributed by atoms with Crippen LogP contribution < -0.4 is 0 Å². The van der Waals surface area contributed by atoms with E-state index in [-0.39, 0.29) is 0 Å². The molecule has 0 heterocycles. The highest BCUT2D eigenvalue weighted by molar-refractivity contribution is 4.69. The first kappa shape index (κ1) is 5.63. The molecule has 0 aliphatic carbocycles. The molecule has 0 saturated heterocycles. The van der Waals surface area contributed by atoms with Gasteiger partial charge in [-0.15, -0.1) is 0 Å². The summed E-state index contributed by atoms with van der Waals surface area (Å²) in [7, 11) is 1.51. The number of rotatable bonds is 2. The molecule has 1 nitrogen and oxygen atoms in total. The topological polar surface area (TPSA) is 9.23 Å². The quantitative estimate of drug-likeness (QED) is 0.493. The van der Waals surface area contributed by atoms with Gasteiger partial charge in [-0.3, -0.25) is 0 Å². The van der Waals surface area contributed by atoms with Crippen LogP contribution in [0.1, 0.15) is 0 Å². The van der Waals surface area contributed by atoms with Crippen molar-refractivity contribution < 1.29 is 9.13 Å². The molecule has 6 heavy (non-hydrogen) atoms. The smallest absolute Gasteiger partial charge is 0.0849 e. The molecule has 0 aromatic rings. The lowest BCUT2D eigenvalue weighted by Crippen LogP contribution is -1.77. The Morgan fingerprint density at radius 1 is 1.83 bits per heavy atom. The minimum absolute atomic E-state index is 0.358. The van der Waals surface area contributed by atoms with E-state index in [4.69, 9.17) is 0 Å². The van der Waals surface area contributed by atoms with Crippen LogP contribution in [-0.2, 0) is 4.74 Å². The molecule has 0 saturated carbocycles.